The molecule has 2 amide bonds. The second-order valence-corrected chi connectivity index (χ2v) is 9.25. The molecule has 0 aromatic heterocycles. The van der Waals surface area contributed by atoms with Gasteiger partial charge in [0.05, 0.1) is 12.6 Å². The Morgan fingerprint density at radius 3 is 2.42 bits per heavy atom. The third-order valence-corrected chi connectivity index (χ3v) is 7.45. The Kier molecular flexibility index (Phi) is 4.29. The van der Waals surface area contributed by atoms with Crippen LogP contribution in [0.25, 0.3) is 0 Å². The fourth-order valence-corrected chi connectivity index (χ4v) is 6.34. The highest BCUT2D eigenvalue weighted by atomic mass is 19.3. The molecule has 7 heteroatoms. The quantitative estimate of drug-likeness (QED) is 0.795. The van der Waals surface area contributed by atoms with Crippen LogP contribution in [0.4, 0.5) is 8.78 Å². The van der Waals surface area contributed by atoms with Gasteiger partial charge in [0.15, 0.2) is 0 Å². The maximum atomic E-state index is 13.7. The summed E-state index contributed by atoms with van der Waals surface area (Å²) in [7, 11) is 0. The molecule has 146 valence electrons. The van der Waals surface area contributed by atoms with Gasteiger partial charge in [-0.15, -0.1) is 0 Å². The van der Waals surface area contributed by atoms with Crippen molar-refractivity contribution in [1.82, 2.24) is 10.2 Å². The summed E-state index contributed by atoms with van der Waals surface area (Å²) < 4.78 is 27.3. The van der Waals surface area contributed by atoms with Crippen molar-refractivity contribution >= 4 is 11.8 Å². The number of halogens is 2. The van der Waals surface area contributed by atoms with Crippen LogP contribution in [0.5, 0.6) is 0 Å². The molecule has 1 saturated heterocycles. The van der Waals surface area contributed by atoms with Gasteiger partial charge in [0.2, 0.25) is 11.8 Å². The van der Waals surface area contributed by atoms with Crippen LogP contribution in [0.15, 0.2) is 0 Å². The maximum absolute atomic E-state index is 13.7. The second kappa shape index (κ2) is 6.14. The molecule has 5 nitrogen and oxygen atoms in total. The highest BCUT2D eigenvalue weighted by Gasteiger charge is 2.58. The van der Waals surface area contributed by atoms with E-state index >= 15 is 0 Å². The minimum absolute atomic E-state index is 0.0549. The van der Waals surface area contributed by atoms with Crippen LogP contribution in [0.1, 0.15) is 51.9 Å². The third kappa shape index (κ3) is 3.02. The smallest absolute Gasteiger partial charge is 0.260 e. The van der Waals surface area contributed by atoms with Crippen molar-refractivity contribution in [2.75, 3.05) is 13.1 Å². The number of primary amides is 1. The maximum Gasteiger partial charge on any atom is 0.260 e. The van der Waals surface area contributed by atoms with E-state index < -0.39 is 12.0 Å². The zero-order valence-electron chi connectivity index (χ0n) is 15.3. The second-order valence-electron chi connectivity index (χ2n) is 9.25. The summed E-state index contributed by atoms with van der Waals surface area (Å²) in [5, 5.41) is 3.16. The molecule has 5 fully saturated rings. The number of hydrogen-bond donors (Lipinski definition) is 2. The van der Waals surface area contributed by atoms with Crippen LogP contribution in [0.3, 0.4) is 0 Å². The lowest BCUT2D eigenvalue weighted by Gasteiger charge is -2.59. The molecule has 4 saturated carbocycles. The summed E-state index contributed by atoms with van der Waals surface area (Å²) in [6, 6.07) is -0.497. The Balaban J connectivity index is 1.42. The van der Waals surface area contributed by atoms with E-state index in [2.05, 4.69) is 5.32 Å². The average Bonchev–Trinajstić information content (AvgIpc) is 2.55. The van der Waals surface area contributed by atoms with Crippen molar-refractivity contribution in [3.63, 3.8) is 0 Å². The van der Waals surface area contributed by atoms with Crippen LogP contribution in [-0.4, -0.2) is 47.8 Å². The number of alkyl halides is 2. The van der Waals surface area contributed by atoms with E-state index in [1.165, 1.54) is 0 Å². The summed E-state index contributed by atoms with van der Waals surface area (Å²) in [5.41, 5.74) is 5.33. The number of piperidine rings is 1. The number of nitrogens with one attached hydrogen (secondary N) is 1. The molecule has 4 aliphatic carbocycles. The van der Waals surface area contributed by atoms with Gasteiger partial charge < -0.3 is 11.1 Å². The normalized spacial score (nSPS) is 42.4. The van der Waals surface area contributed by atoms with E-state index in [1.54, 1.807) is 11.8 Å². The topological polar surface area (TPSA) is 75.4 Å². The SMILES string of the molecule is CC(C(=O)NC1[C@@H]2CC3C[C@H]1CC(C(N)=O)(C3)C2)N1CCCC(F)(F)C1. The molecule has 6 atom stereocenters. The third-order valence-electron chi connectivity index (χ3n) is 7.45. The summed E-state index contributed by atoms with van der Waals surface area (Å²) in [6.45, 7) is 1.91. The molecule has 5 rings (SSSR count). The van der Waals surface area contributed by atoms with Gasteiger partial charge >= 0.3 is 0 Å². The molecule has 4 bridgehead atoms. The molecule has 4 unspecified atom stereocenters. The van der Waals surface area contributed by atoms with E-state index in [1.807, 2.05) is 0 Å². The highest BCUT2D eigenvalue weighted by molar-refractivity contribution is 5.83. The number of carbonyl (C=O) groups is 2. The monoisotopic (exact) mass is 369 g/mol. The lowest BCUT2D eigenvalue weighted by Crippen LogP contribution is -2.63. The van der Waals surface area contributed by atoms with E-state index in [9.17, 15) is 18.4 Å². The zero-order valence-corrected chi connectivity index (χ0v) is 15.3. The highest BCUT2D eigenvalue weighted by Crippen LogP contribution is 2.59. The number of amides is 2. The van der Waals surface area contributed by atoms with Gasteiger partial charge in [0, 0.05) is 17.9 Å². The lowest BCUT2D eigenvalue weighted by atomic mass is 9.47. The number of likely N-dealkylation sites (tertiary alicyclic amines) is 1. The fraction of sp³-hybridized carbons (Fsp3) is 0.895. The number of nitrogens with two attached hydrogens (primary N) is 1. The van der Waals surface area contributed by atoms with Crippen molar-refractivity contribution in [1.29, 1.82) is 0 Å². The van der Waals surface area contributed by atoms with E-state index in [-0.39, 0.29) is 48.1 Å². The van der Waals surface area contributed by atoms with Gasteiger partial charge in [-0.3, -0.25) is 14.5 Å². The molecule has 3 N–H and O–H groups in total. The standard InChI is InChI=1S/C19H29F2N3O2/c1-11(24-4-2-3-19(20,21)10-24)16(25)23-15-13-5-12-6-14(15)9-18(7-12,8-13)17(22)26/h11-15H,2-10H2,1H3,(H2,22,26)(H,23,25)/t11?,12?,13-,14+,15?,18?. The van der Waals surface area contributed by atoms with Gasteiger partial charge in [-0.2, -0.15) is 0 Å². The number of rotatable bonds is 4. The first-order valence-electron chi connectivity index (χ1n) is 9.91. The van der Waals surface area contributed by atoms with Crippen LogP contribution >= 0.6 is 0 Å². The molecular weight excluding hydrogens is 340 g/mol. The molecule has 0 aromatic rings. The molecule has 1 heterocycles. The van der Waals surface area contributed by atoms with E-state index in [4.69, 9.17) is 5.73 Å². The summed E-state index contributed by atoms with van der Waals surface area (Å²) >= 11 is 0. The Bertz CT molecular complexity index is 596. The minimum Gasteiger partial charge on any atom is -0.369 e. The van der Waals surface area contributed by atoms with Crippen molar-refractivity contribution < 1.29 is 18.4 Å². The summed E-state index contributed by atoms with van der Waals surface area (Å²) in [5.74, 6) is -1.95. The molecule has 0 aromatic carbocycles. The molecule has 5 aliphatic rings. The van der Waals surface area contributed by atoms with Crippen LogP contribution in [-0.2, 0) is 9.59 Å². The average molecular weight is 369 g/mol. The number of hydrogen-bond acceptors (Lipinski definition) is 3. The molecule has 26 heavy (non-hydrogen) atoms. The number of nitrogens with zero attached hydrogens (tertiary/aromatic N) is 1. The van der Waals surface area contributed by atoms with Gasteiger partial charge in [0.1, 0.15) is 0 Å². The molecule has 0 spiro atoms. The molecule has 0 radical (unpaired) electrons. The van der Waals surface area contributed by atoms with Crippen molar-refractivity contribution in [2.45, 2.75) is 69.9 Å². The van der Waals surface area contributed by atoms with Crippen molar-refractivity contribution in [3.05, 3.63) is 0 Å². The first-order chi connectivity index (χ1) is 12.2. The van der Waals surface area contributed by atoms with Gasteiger partial charge in [0.25, 0.3) is 5.92 Å². The van der Waals surface area contributed by atoms with Crippen LogP contribution in [0, 0.1) is 23.2 Å². The van der Waals surface area contributed by atoms with Gasteiger partial charge in [-0.05, 0) is 69.7 Å². The van der Waals surface area contributed by atoms with E-state index in [0.717, 1.165) is 32.1 Å². The summed E-state index contributed by atoms with van der Waals surface area (Å²) in [6.07, 6.45) is 4.81. The molecular formula is C19H29F2N3O2. The fourth-order valence-electron chi connectivity index (χ4n) is 6.34. The predicted octanol–water partition coefficient (Wildman–Crippen LogP) is 1.90. The van der Waals surface area contributed by atoms with Crippen LogP contribution < -0.4 is 11.1 Å². The predicted molar refractivity (Wildman–Crippen MR) is 92.3 cm³/mol. The first-order valence-corrected chi connectivity index (χ1v) is 9.91. The lowest BCUT2D eigenvalue weighted by molar-refractivity contribution is -0.148. The molecule has 1 aliphatic heterocycles. The first kappa shape index (κ1) is 18.1. The Labute approximate surface area is 153 Å². The Hall–Kier alpha value is -1.24. The van der Waals surface area contributed by atoms with Crippen LogP contribution in [0.2, 0.25) is 0 Å². The minimum atomic E-state index is -2.71. The van der Waals surface area contributed by atoms with Crippen molar-refractivity contribution in [3.8, 4) is 0 Å². The largest absolute Gasteiger partial charge is 0.369 e. The summed E-state index contributed by atoms with van der Waals surface area (Å²) in [4.78, 5) is 26.4. The van der Waals surface area contributed by atoms with Gasteiger partial charge in [-0.25, -0.2) is 8.78 Å². The van der Waals surface area contributed by atoms with E-state index in [0.29, 0.717) is 18.9 Å². The zero-order chi connectivity index (χ0) is 18.7. The Morgan fingerprint density at radius 1 is 1.19 bits per heavy atom. The number of carbonyl (C=O) groups excluding carboxylic acids is 2. The Morgan fingerprint density at radius 2 is 1.85 bits per heavy atom. The van der Waals surface area contributed by atoms with Crippen molar-refractivity contribution in [2.24, 2.45) is 28.9 Å². The van der Waals surface area contributed by atoms with Gasteiger partial charge in [-0.1, -0.05) is 0 Å².